The second-order valence-electron chi connectivity index (χ2n) is 6.23. The maximum absolute atomic E-state index is 13.1. The van der Waals surface area contributed by atoms with Gasteiger partial charge in [0.15, 0.2) is 6.61 Å². The Balaban J connectivity index is 1.74. The smallest absolute Gasteiger partial charge is 0.338 e. The molecule has 0 atom stereocenters. The van der Waals surface area contributed by atoms with E-state index in [1.165, 1.54) is 5.56 Å². The second-order valence-corrected chi connectivity index (χ2v) is 6.23. The van der Waals surface area contributed by atoms with Crippen molar-refractivity contribution in [3.8, 4) is 0 Å². The van der Waals surface area contributed by atoms with E-state index in [2.05, 4.69) is 31.3 Å². The fourth-order valence-corrected chi connectivity index (χ4v) is 2.35. The highest BCUT2D eigenvalue weighted by molar-refractivity contribution is 5.91. The molecule has 0 saturated carbocycles. The van der Waals surface area contributed by atoms with Crippen molar-refractivity contribution in [2.45, 2.75) is 26.2 Å². The van der Waals surface area contributed by atoms with Crippen LogP contribution in [0.5, 0.6) is 0 Å². The number of benzene rings is 2. The summed E-state index contributed by atoms with van der Waals surface area (Å²) < 4.78 is 30.9. The van der Waals surface area contributed by atoms with Crippen LogP contribution in [0.3, 0.4) is 0 Å². The number of esters is 1. The first-order valence-corrected chi connectivity index (χ1v) is 8.34. The van der Waals surface area contributed by atoms with Gasteiger partial charge in [-0.3, -0.25) is 4.79 Å². The average molecular weight is 361 g/mol. The van der Waals surface area contributed by atoms with Crippen molar-refractivity contribution < 1.29 is 23.1 Å². The summed E-state index contributed by atoms with van der Waals surface area (Å²) in [6, 6.07) is 10.5. The minimum Gasteiger partial charge on any atom is -0.452 e. The SMILES string of the molecule is CC(C)c1ccc(CCNC(=O)COC(=O)c2cc(F)cc(F)c2)cc1. The molecule has 0 heterocycles. The number of halogens is 2. The van der Waals surface area contributed by atoms with Gasteiger partial charge in [0.05, 0.1) is 5.56 Å². The molecule has 2 rings (SSSR count). The number of amides is 1. The molecular weight excluding hydrogens is 340 g/mol. The van der Waals surface area contributed by atoms with Crippen molar-refractivity contribution in [1.82, 2.24) is 5.32 Å². The van der Waals surface area contributed by atoms with E-state index in [9.17, 15) is 18.4 Å². The molecule has 26 heavy (non-hydrogen) atoms. The second kappa shape index (κ2) is 9.08. The third-order valence-electron chi connectivity index (χ3n) is 3.81. The van der Waals surface area contributed by atoms with Crippen molar-refractivity contribution in [1.29, 1.82) is 0 Å². The predicted molar refractivity (Wildman–Crippen MR) is 93.9 cm³/mol. The van der Waals surface area contributed by atoms with Gasteiger partial charge in [0.2, 0.25) is 0 Å². The first-order chi connectivity index (χ1) is 12.3. The molecule has 0 fully saturated rings. The van der Waals surface area contributed by atoms with E-state index in [1.54, 1.807) is 0 Å². The highest BCUT2D eigenvalue weighted by Crippen LogP contribution is 2.14. The normalized spacial score (nSPS) is 10.7. The van der Waals surface area contributed by atoms with Crippen LogP contribution >= 0.6 is 0 Å². The third-order valence-corrected chi connectivity index (χ3v) is 3.81. The Morgan fingerprint density at radius 1 is 1.04 bits per heavy atom. The Hall–Kier alpha value is -2.76. The van der Waals surface area contributed by atoms with Crippen LogP contribution in [0.1, 0.15) is 41.3 Å². The Kier molecular flexibility index (Phi) is 6.83. The molecule has 0 saturated heterocycles. The van der Waals surface area contributed by atoms with Gasteiger partial charge in [0.1, 0.15) is 11.6 Å². The standard InChI is InChI=1S/C20H21F2NO3/c1-13(2)15-5-3-14(4-6-15)7-8-23-19(24)12-26-20(25)16-9-17(21)11-18(22)10-16/h3-6,9-11,13H,7-8,12H2,1-2H3,(H,23,24). The van der Waals surface area contributed by atoms with Gasteiger partial charge in [0, 0.05) is 12.6 Å². The molecule has 1 amide bonds. The molecule has 0 aliphatic carbocycles. The van der Waals surface area contributed by atoms with E-state index in [0.717, 1.165) is 17.7 Å². The zero-order valence-corrected chi connectivity index (χ0v) is 14.7. The van der Waals surface area contributed by atoms with Crippen LogP contribution in [0.15, 0.2) is 42.5 Å². The third kappa shape index (κ3) is 5.95. The topological polar surface area (TPSA) is 55.4 Å². The van der Waals surface area contributed by atoms with Crippen LogP contribution in [-0.4, -0.2) is 25.0 Å². The van der Waals surface area contributed by atoms with Gasteiger partial charge in [-0.2, -0.15) is 0 Å². The van der Waals surface area contributed by atoms with Gasteiger partial charge in [0.25, 0.3) is 5.91 Å². The Bertz CT molecular complexity index is 753. The van der Waals surface area contributed by atoms with Crippen LogP contribution in [0, 0.1) is 11.6 Å². The highest BCUT2D eigenvalue weighted by Gasteiger charge is 2.12. The van der Waals surface area contributed by atoms with E-state index in [1.807, 2.05) is 12.1 Å². The van der Waals surface area contributed by atoms with E-state index >= 15 is 0 Å². The monoisotopic (exact) mass is 361 g/mol. The summed E-state index contributed by atoms with van der Waals surface area (Å²) >= 11 is 0. The number of rotatable bonds is 7. The van der Waals surface area contributed by atoms with Crippen LogP contribution in [0.2, 0.25) is 0 Å². The maximum Gasteiger partial charge on any atom is 0.338 e. The summed E-state index contributed by atoms with van der Waals surface area (Å²) in [5, 5.41) is 2.63. The van der Waals surface area contributed by atoms with Crippen molar-refractivity contribution in [2.24, 2.45) is 0 Å². The van der Waals surface area contributed by atoms with Gasteiger partial charge < -0.3 is 10.1 Å². The lowest BCUT2D eigenvalue weighted by molar-refractivity contribution is -0.124. The molecule has 0 bridgehead atoms. The maximum atomic E-state index is 13.1. The summed E-state index contributed by atoms with van der Waals surface area (Å²) in [4.78, 5) is 23.4. The molecule has 0 spiro atoms. The molecule has 138 valence electrons. The van der Waals surface area contributed by atoms with E-state index in [4.69, 9.17) is 4.74 Å². The first kappa shape index (κ1) is 19.6. The number of carbonyl (C=O) groups is 2. The Labute approximate surface area is 151 Å². The fourth-order valence-electron chi connectivity index (χ4n) is 2.35. The molecule has 0 aliphatic heterocycles. The lowest BCUT2D eigenvalue weighted by Gasteiger charge is -2.08. The number of nitrogens with one attached hydrogen (secondary N) is 1. The zero-order valence-electron chi connectivity index (χ0n) is 14.7. The quantitative estimate of drug-likeness (QED) is 0.767. The molecule has 2 aromatic carbocycles. The predicted octanol–water partition coefficient (Wildman–Crippen LogP) is 3.60. The zero-order chi connectivity index (χ0) is 19.1. The van der Waals surface area contributed by atoms with Gasteiger partial charge in [-0.15, -0.1) is 0 Å². The minimum absolute atomic E-state index is 0.277. The molecule has 0 radical (unpaired) electrons. The first-order valence-electron chi connectivity index (χ1n) is 8.34. The van der Waals surface area contributed by atoms with Crippen molar-refractivity contribution in [3.05, 3.63) is 70.8 Å². The molecule has 4 nitrogen and oxygen atoms in total. The van der Waals surface area contributed by atoms with Crippen molar-refractivity contribution in [3.63, 3.8) is 0 Å². The molecule has 1 N–H and O–H groups in total. The lowest BCUT2D eigenvalue weighted by atomic mass is 10.0. The summed E-state index contributed by atoms with van der Waals surface area (Å²) in [6.07, 6.45) is 0.646. The summed E-state index contributed by atoms with van der Waals surface area (Å²) in [5.41, 5.74) is 2.06. The van der Waals surface area contributed by atoms with Gasteiger partial charge >= 0.3 is 5.97 Å². The van der Waals surface area contributed by atoms with Gasteiger partial charge in [-0.25, -0.2) is 13.6 Å². The van der Waals surface area contributed by atoms with Crippen molar-refractivity contribution in [2.75, 3.05) is 13.2 Å². The van der Waals surface area contributed by atoms with Crippen LogP contribution < -0.4 is 5.32 Å². The number of hydrogen-bond donors (Lipinski definition) is 1. The van der Waals surface area contributed by atoms with E-state index in [0.29, 0.717) is 24.9 Å². The number of hydrogen-bond acceptors (Lipinski definition) is 3. The van der Waals surface area contributed by atoms with Crippen LogP contribution in [0.25, 0.3) is 0 Å². The lowest BCUT2D eigenvalue weighted by Crippen LogP contribution is -2.30. The minimum atomic E-state index is -0.956. The Morgan fingerprint density at radius 3 is 2.23 bits per heavy atom. The van der Waals surface area contributed by atoms with E-state index in [-0.39, 0.29) is 5.56 Å². The summed E-state index contributed by atoms with van der Waals surface area (Å²) in [7, 11) is 0. The molecule has 6 heteroatoms. The molecular formula is C20H21F2NO3. The van der Waals surface area contributed by atoms with Crippen LogP contribution in [0.4, 0.5) is 8.78 Å². The fraction of sp³-hybridized carbons (Fsp3) is 0.300. The largest absolute Gasteiger partial charge is 0.452 e. The molecule has 0 unspecified atom stereocenters. The molecule has 2 aromatic rings. The summed E-state index contributed by atoms with van der Waals surface area (Å²) in [5.74, 6) is -2.74. The summed E-state index contributed by atoms with van der Waals surface area (Å²) in [6.45, 7) is 4.12. The highest BCUT2D eigenvalue weighted by atomic mass is 19.1. The van der Waals surface area contributed by atoms with E-state index < -0.39 is 30.1 Å². The molecule has 0 aromatic heterocycles. The van der Waals surface area contributed by atoms with Gasteiger partial charge in [-0.05, 0) is 35.6 Å². The number of carbonyl (C=O) groups excluding carboxylic acids is 2. The number of ether oxygens (including phenoxy) is 1. The van der Waals surface area contributed by atoms with Crippen molar-refractivity contribution >= 4 is 11.9 Å². The average Bonchev–Trinajstić information content (AvgIpc) is 2.59. The van der Waals surface area contributed by atoms with Gasteiger partial charge in [-0.1, -0.05) is 38.1 Å². The Morgan fingerprint density at radius 2 is 1.65 bits per heavy atom. The molecule has 0 aliphatic rings. The van der Waals surface area contributed by atoms with Crippen LogP contribution in [-0.2, 0) is 16.0 Å².